The van der Waals surface area contributed by atoms with Gasteiger partial charge in [-0.15, -0.1) is 0 Å². The summed E-state index contributed by atoms with van der Waals surface area (Å²) >= 11 is 6.19. The van der Waals surface area contributed by atoms with E-state index in [1.165, 1.54) is 30.3 Å². The van der Waals surface area contributed by atoms with Crippen molar-refractivity contribution in [1.29, 1.82) is 0 Å². The summed E-state index contributed by atoms with van der Waals surface area (Å²) in [5, 5.41) is 40.8. The number of rotatable bonds is 26. The number of aromatic amines is 1. The molecule has 0 aliphatic carbocycles. The maximum atomic E-state index is 14.2. The highest BCUT2D eigenvalue weighted by atomic mass is 35.5. The number of H-pyrrole nitrogens is 1. The lowest BCUT2D eigenvalue weighted by Gasteiger charge is -2.25. The van der Waals surface area contributed by atoms with Crippen LogP contribution in [0.5, 0.6) is 0 Å². The first kappa shape index (κ1) is 52.3. The van der Waals surface area contributed by atoms with Crippen molar-refractivity contribution in [2.24, 2.45) is 5.73 Å². The third kappa shape index (κ3) is 16.5. The lowest BCUT2D eigenvalue weighted by Crippen LogP contribution is -2.58. The first-order valence-corrected chi connectivity index (χ1v) is 22.3. The van der Waals surface area contributed by atoms with Crippen LogP contribution in [0.4, 0.5) is 0 Å². The lowest BCUT2D eigenvalue weighted by atomic mass is 10.0. The summed E-state index contributed by atoms with van der Waals surface area (Å²) in [5.74, 6) is -10.6. The molecular weight excluding hydrogens is 920 g/mol. The van der Waals surface area contributed by atoms with Gasteiger partial charge in [-0.1, -0.05) is 59.6 Å². The third-order valence-corrected chi connectivity index (χ3v) is 11.8. The van der Waals surface area contributed by atoms with Crippen LogP contribution >= 0.6 is 11.6 Å². The van der Waals surface area contributed by atoms with Crippen LogP contribution in [0.1, 0.15) is 48.8 Å². The number of carbonyl (C=O) groups excluding carboxylic acids is 6. The fourth-order valence-corrected chi connectivity index (χ4v) is 8.03. The highest BCUT2D eigenvalue weighted by Crippen LogP contribution is 2.20. The summed E-state index contributed by atoms with van der Waals surface area (Å²) in [6.45, 7) is 0.804. The molecule has 0 radical (unpaired) electrons. The number of sulfonamides is 1. The maximum absolute atomic E-state index is 14.2. The Bertz CT molecular complexity index is 2610. The lowest BCUT2D eigenvalue weighted by molar-refractivity contribution is -0.140. The van der Waals surface area contributed by atoms with Gasteiger partial charge in [-0.25, -0.2) is 8.42 Å². The van der Waals surface area contributed by atoms with Crippen LogP contribution in [-0.2, 0) is 66.0 Å². The van der Waals surface area contributed by atoms with Gasteiger partial charge in [0.2, 0.25) is 45.5 Å². The molecule has 0 saturated carbocycles. The number of amides is 6. The normalized spacial score (nSPS) is 13.5. The highest BCUT2D eigenvalue weighted by Gasteiger charge is 2.33. The minimum absolute atomic E-state index is 0.177. The number of hydrogen-bond donors (Lipinski definition) is 11. The number of aryl methyl sites for hydroxylation is 1. The summed E-state index contributed by atoms with van der Waals surface area (Å²) in [7, 11) is -4.49. The van der Waals surface area contributed by atoms with Crippen LogP contribution in [0, 0.1) is 6.92 Å². The van der Waals surface area contributed by atoms with Crippen molar-refractivity contribution in [2.75, 3.05) is 6.54 Å². The first-order valence-electron chi connectivity index (χ1n) is 20.4. The molecule has 0 bridgehead atoms. The molecule has 6 amide bonds. The molecule has 0 saturated heterocycles. The van der Waals surface area contributed by atoms with Crippen molar-refractivity contribution >= 4 is 85.9 Å². The molecule has 4 aromatic rings. The molecule has 0 unspecified atom stereocenters. The largest absolute Gasteiger partial charge is 0.481 e. The SMILES string of the molecule is Cc1ccc(S(=O)(=O)N[C@H](CC(=O)O)C(=O)N[C@@H](CCC(=O)O)C(=O)NCC(=O)N[C@@H](Cc2cccc(Cl)c2)C(=O)N[C@@H](Cc2c[nH]c3ccccc23)C(=O)N[C@@H](CCC(=O)O)C(N)=O)cc1. The van der Waals surface area contributed by atoms with E-state index in [0.717, 1.165) is 0 Å². The Morgan fingerprint density at radius 2 is 1.25 bits per heavy atom. The standard InChI is InChI=1S/C43H49ClN8O14S/c1-23-9-11-27(12-10-23)67(65,66)52-34(20-38(58)59)43(64)50-31(14-16-37(56)57)40(61)47-22-35(53)48-32(18-24-5-4-6-26(44)17-24)41(62)51-33(19-25-21-46-29-8-3-2-7-28(25)29)42(63)49-30(39(45)60)13-15-36(54)55/h2-12,17,21,30-34,46,52H,13-16,18-20,22H2,1H3,(H2,45,60)(H,47,61)(H,48,53)(H,49,63)(H,50,64)(H,51,62)(H,54,55)(H,56,57)(H,58,59)/t30-,31-,32-,33-,34+/m0/s1. The average molecular weight is 969 g/mol. The molecule has 22 nitrogen and oxygen atoms in total. The van der Waals surface area contributed by atoms with Crippen LogP contribution in [-0.4, -0.2) is 119 Å². The number of hydrogen-bond acceptors (Lipinski definition) is 11. The molecule has 0 aliphatic rings. The highest BCUT2D eigenvalue weighted by molar-refractivity contribution is 7.89. The minimum Gasteiger partial charge on any atom is -0.481 e. The minimum atomic E-state index is -4.49. The van der Waals surface area contributed by atoms with Gasteiger partial charge in [0.15, 0.2) is 0 Å². The van der Waals surface area contributed by atoms with E-state index in [9.17, 15) is 66.9 Å². The number of nitrogens with two attached hydrogens (primary N) is 1. The van der Waals surface area contributed by atoms with Crippen molar-refractivity contribution in [1.82, 2.24) is 36.3 Å². The number of para-hydroxylation sites is 1. The quantitative estimate of drug-likeness (QED) is 0.0395. The topological polar surface area (TPSA) is 362 Å². The number of primary amides is 1. The molecule has 3 aromatic carbocycles. The van der Waals surface area contributed by atoms with Gasteiger partial charge >= 0.3 is 17.9 Å². The van der Waals surface area contributed by atoms with Gasteiger partial charge in [0.1, 0.15) is 30.2 Å². The van der Waals surface area contributed by atoms with E-state index in [-0.39, 0.29) is 29.2 Å². The zero-order valence-electron chi connectivity index (χ0n) is 35.7. The van der Waals surface area contributed by atoms with Crippen LogP contribution < -0.4 is 37.0 Å². The molecular formula is C43H49ClN8O14S. The first-order chi connectivity index (χ1) is 31.6. The number of benzene rings is 3. The van der Waals surface area contributed by atoms with Gasteiger partial charge in [0.05, 0.1) is 17.9 Å². The van der Waals surface area contributed by atoms with Crippen LogP contribution in [0.15, 0.2) is 83.9 Å². The number of carboxylic acid groups (broad SMARTS) is 3. The predicted molar refractivity (Wildman–Crippen MR) is 238 cm³/mol. The van der Waals surface area contributed by atoms with Gasteiger partial charge in [-0.3, -0.25) is 43.2 Å². The van der Waals surface area contributed by atoms with E-state index >= 15 is 0 Å². The van der Waals surface area contributed by atoms with Gasteiger partial charge < -0.3 is 52.6 Å². The Labute approximate surface area is 387 Å². The second kappa shape index (κ2) is 24.2. The van der Waals surface area contributed by atoms with Crippen LogP contribution in [0.2, 0.25) is 5.02 Å². The summed E-state index contributed by atoms with van der Waals surface area (Å²) < 4.78 is 28.1. The molecule has 0 aliphatic heterocycles. The average Bonchev–Trinajstić information content (AvgIpc) is 3.66. The smallest absolute Gasteiger partial charge is 0.305 e. The predicted octanol–water partition coefficient (Wildman–Crippen LogP) is 0.00702. The van der Waals surface area contributed by atoms with Gasteiger partial charge in [0, 0.05) is 47.8 Å². The molecule has 0 spiro atoms. The Morgan fingerprint density at radius 3 is 1.87 bits per heavy atom. The summed E-state index contributed by atoms with van der Waals surface area (Å²) in [6, 6.07) is 10.5. The van der Waals surface area contributed by atoms with E-state index in [0.29, 0.717) is 27.6 Å². The molecule has 1 aromatic heterocycles. The van der Waals surface area contributed by atoms with Crippen molar-refractivity contribution in [2.45, 2.75) is 87.0 Å². The number of carboxylic acids is 3. The Balaban J connectivity index is 1.55. The van der Waals surface area contributed by atoms with Gasteiger partial charge in [-0.05, 0) is 61.2 Å². The third-order valence-electron chi connectivity index (χ3n) is 10.0. The van der Waals surface area contributed by atoms with Crippen molar-refractivity contribution in [3.05, 3.63) is 101 Å². The number of fused-ring (bicyclic) bond motifs is 1. The Kier molecular flexibility index (Phi) is 18.9. The number of carbonyl (C=O) groups is 9. The molecule has 0 fully saturated rings. The number of aliphatic carboxylic acids is 3. The van der Waals surface area contributed by atoms with Gasteiger partial charge in [-0.2, -0.15) is 4.72 Å². The molecule has 5 atom stereocenters. The summed E-state index contributed by atoms with van der Waals surface area (Å²) in [5.41, 5.74) is 7.85. The van der Waals surface area contributed by atoms with E-state index in [4.69, 9.17) is 17.3 Å². The molecule has 12 N–H and O–H groups in total. The monoisotopic (exact) mass is 968 g/mol. The number of halogens is 1. The van der Waals surface area contributed by atoms with Crippen LogP contribution in [0.25, 0.3) is 10.9 Å². The molecule has 1 heterocycles. The van der Waals surface area contributed by atoms with E-state index in [1.807, 2.05) is 4.72 Å². The van der Waals surface area contributed by atoms with Gasteiger partial charge in [0.25, 0.3) is 0 Å². The number of aromatic nitrogens is 1. The van der Waals surface area contributed by atoms with E-state index < -0.39 is 126 Å². The Morgan fingerprint density at radius 1 is 0.672 bits per heavy atom. The fraction of sp³-hybridized carbons (Fsp3) is 0.326. The van der Waals surface area contributed by atoms with Crippen molar-refractivity contribution < 1.29 is 66.9 Å². The Hall–Kier alpha value is -7.37. The van der Waals surface area contributed by atoms with E-state index in [2.05, 4.69) is 31.6 Å². The summed E-state index contributed by atoms with van der Waals surface area (Å²) in [4.78, 5) is 118. The zero-order chi connectivity index (χ0) is 49.4. The fourth-order valence-electron chi connectivity index (χ4n) is 6.62. The van der Waals surface area contributed by atoms with Crippen LogP contribution in [0.3, 0.4) is 0 Å². The van der Waals surface area contributed by atoms with Crippen molar-refractivity contribution in [3.8, 4) is 0 Å². The van der Waals surface area contributed by atoms with E-state index in [1.54, 1.807) is 55.6 Å². The second-order valence-corrected chi connectivity index (χ2v) is 17.4. The maximum Gasteiger partial charge on any atom is 0.305 e. The zero-order valence-corrected chi connectivity index (χ0v) is 37.3. The number of nitrogens with one attached hydrogen (secondary N) is 7. The molecule has 67 heavy (non-hydrogen) atoms. The molecule has 358 valence electrons. The summed E-state index contributed by atoms with van der Waals surface area (Å²) in [6.07, 6.45) is -2.08. The molecule has 24 heteroatoms. The molecule has 4 rings (SSSR count). The second-order valence-electron chi connectivity index (χ2n) is 15.3. The van der Waals surface area contributed by atoms with Crippen molar-refractivity contribution in [3.63, 3.8) is 0 Å².